The van der Waals surface area contributed by atoms with Gasteiger partial charge in [0.2, 0.25) is 5.91 Å². The number of para-hydroxylation sites is 1. The monoisotopic (exact) mass is 388 g/mol. The molecule has 3 N–H and O–H groups in total. The first-order valence-electron chi connectivity index (χ1n) is 8.94. The average molecular weight is 388 g/mol. The molecule has 3 amide bonds. The number of benzene rings is 2. The fourth-order valence-electron chi connectivity index (χ4n) is 2.64. The molecule has 1 heterocycles. The molecule has 0 radical (unpaired) electrons. The summed E-state index contributed by atoms with van der Waals surface area (Å²) in [6.45, 7) is 3.32. The smallest absolute Gasteiger partial charge is 0.274 e. The first kappa shape index (κ1) is 19.8. The predicted molar refractivity (Wildman–Crippen MR) is 112 cm³/mol. The Kier molecular flexibility index (Phi) is 5.99. The maximum absolute atomic E-state index is 12.5. The number of pyridine rings is 1. The van der Waals surface area contributed by atoms with Gasteiger partial charge in [-0.1, -0.05) is 18.2 Å². The summed E-state index contributed by atoms with van der Waals surface area (Å²) in [6.07, 6.45) is 1.42. The van der Waals surface area contributed by atoms with Crippen molar-refractivity contribution in [2.75, 3.05) is 16.0 Å². The van der Waals surface area contributed by atoms with Crippen LogP contribution in [0.2, 0.25) is 0 Å². The summed E-state index contributed by atoms with van der Waals surface area (Å²) in [7, 11) is 0. The maximum Gasteiger partial charge on any atom is 0.274 e. The van der Waals surface area contributed by atoms with Crippen molar-refractivity contribution in [3.8, 4) is 0 Å². The van der Waals surface area contributed by atoms with E-state index in [1.165, 1.54) is 19.2 Å². The number of aromatic nitrogens is 1. The Morgan fingerprint density at radius 3 is 2.10 bits per heavy atom. The summed E-state index contributed by atoms with van der Waals surface area (Å²) in [5, 5.41) is 8.20. The standard InChI is InChI=1S/C22H20N4O3/c1-14-5-3-4-6-19(14)26-21(28)16-11-12-23-20(13-16)22(29)25-18-9-7-17(8-10-18)24-15(2)27/h3-13H,1-2H3,(H,24,27)(H,25,29)(H,26,28). The van der Waals surface area contributed by atoms with Gasteiger partial charge in [-0.15, -0.1) is 0 Å². The van der Waals surface area contributed by atoms with Crippen LogP contribution in [0.25, 0.3) is 0 Å². The van der Waals surface area contributed by atoms with Gasteiger partial charge in [-0.05, 0) is 55.0 Å². The molecule has 3 rings (SSSR count). The van der Waals surface area contributed by atoms with E-state index in [0.717, 1.165) is 5.56 Å². The number of carbonyl (C=O) groups is 3. The minimum Gasteiger partial charge on any atom is -0.326 e. The average Bonchev–Trinajstić information content (AvgIpc) is 2.71. The largest absolute Gasteiger partial charge is 0.326 e. The molecule has 0 aliphatic heterocycles. The molecule has 0 spiro atoms. The third-order valence-electron chi connectivity index (χ3n) is 4.11. The van der Waals surface area contributed by atoms with Crippen LogP contribution in [0.15, 0.2) is 66.9 Å². The van der Waals surface area contributed by atoms with E-state index in [9.17, 15) is 14.4 Å². The van der Waals surface area contributed by atoms with Gasteiger partial charge in [-0.2, -0.15) is 0 Å². The maximum atomic E-state index is 12.5. The second-order valence-electron chi connectivity index (χ2n) is 6.41. The molecule has 3 aromatic rings. The fraction of sp³-hybridized carbons (Fsp3) is 0.0909. The van der Waals surface area contributed by atoms with Gasteiger partial charge in [0, 0.05) is 35.7 Å². The quantitative estimate of drug-likeness (QED) is 0.618. The van der Waals surface area contributed by atoms with E-state index >= 15 is 0 Å². The molecule has 0 aliphatic rings. The van der Waals surface area contributed by atoms with Gasteiger partial charge >= 0.3 is 0 Å². The molecule has 7 heteroatoms. The SMILES string of the molecule is CC(=O)Nc1ccc(NC(=O)c2cc(C(=O)Nc3ccccc3C)ccn2)cc1. The number of rotatable bonds is 5. The summed E-state index contributed by atoms with van der Waals surface area (Å²) < 4.78 is 0. The van der Waals surface area contributed by atoms with Crippen LogP contribution in [0.5, 0.6) is 0 Å². The van der Waals surface area contributed by atoms with Gasteiger partial charge in [0.1, 0.15) is 5.69 Å². The number of hydrogen-bond acceptors (Lipinski definition) is 4. The number of aryl methyl sites for hydroxylation is 1. The van der Waals surface area contributed by atoms with E-state index < -0.39 is 5.91 Å². The van der Waals surface area contributed by atoms with E-state index in [2.05, 4.69) is 20.9 Å². The molecule has 0 aliphatic carbocycles. The Hall–Kier alpha value is -4.00. The van der Waals surface area contributed by atoms with Crippen molar-refractivity contribution in [1.29, 1.82) is 0 Å². The minimum absolute atomic E-state index is 0.119. The highest BCUT2D eigenvalue weighted by atomic mass is 16.2. The second-order valence-corrected chi connectivity index (χ2v) is 6.41. The summed E-state index contributed by atoms with van der Waals surface area (Å²) >= 11 is 0. The van der Waals surface area contributed by atoms with Crippen molar-refractivity contribution in [3.05, 3.63) is 83.7 Å². The van der Waals surface area contributed by atoms with Crippen molar-refractivity contribution in [2.24, 2.45) is 0 Å². The number of carbonyl (C=O) groups excluding carboxylic acids is 3. The lowest BCUT2D eigenvalue weighted by atomic mass is 10.1. The van der Waals surface area contributed by atoms with Crippen LogP contribution in [0, 0.1) is 6.92 Å². The normalized spacial score (nSPS) is 10.1. The van der Waals surface area contributed by atoms with Crippen LogP contribution in [0.1, 0.15) is 33.3 Å². The van der Waals surface area contributed by atoms with Crippen LogP contribution in [0.4, 0.5) is 17.1 Å². The molecule has 0 atom stereocenters. The summed E-state index contributed by atoms with van der Waals surface area (Å²) in [4.78, 5) is 40.1. The van der Waals surface area contributed by atoms with Crippen LogP contribution in [-0.4, -0.2) is 22.7 Å². The first-order valence-corrected chi connectivity index (χ1v) is 8.94. The molecule has 7 nitrogen and oxygen atoms in total. The van der Waals surface area contributed by atoms with Gasteiger partial charge in [-0.25, -0.2) is 0 Å². The van der Waals surface area contributed by atoms with Crippen LogP contribution in [-0.2, 0) is 4.79 Å². The molecular weight excluding hydrogens is 368 g/mol. The lowest BCUT2D eigenvalue weighted by Crippen LogP contribution is -2.17. The number of nitrogens with one attached hydrogen (secondary N) is 3. The topological polar surface area (TPSA) is 100 Å². The molecule has 146 valence electrons. The molecule has 0 saturated carbocycles. The van der Waals surface area contributed by atoms with Crippen molar-refractivity contribution in [2.45, 2.75) is 13.8 Å². The van der Waals surface area contributed by atoms with Crippen molar-refractivity contribution >= 4 is 34.8 Å². The highest BCUT2D eigenvalue weighted by Crippen LogP contribution is 2.16. The lowest BCUT2D eigenvalue weighted by Gasteiger charge is -2.09. The third-order valence-corrected chi connectivity index (χ3v) is 4.11. The van der Waals surface area contributed by atoms with Crippen molar-refractivity contribution in [3.63, 3.8) is 0 Å². The van der Waals surface area contributed by atoms with Crippen LogP contribution >= 0.6 is 0 Å². The summed E-state index contributed by atoms with van der Waals surface area (Å²) in [5.74, 6) is -0.940. The molecule has 0 fully saturated rings. The van der Waals surface area contributed by atoms with Gasteiger partial charge in [0.15, 0.2) is 0 Å². The van der Waals surface area contributed by atoms with Crippen molar-refractivity contribution < 1.29 is 14.4 Å². The Morgan fingerprint density at radius 1 is 0.793 bits per heavy atom. The molecule has 1 aromatic heterocycles. The molecule has 0 saturated heterocycles. The van der Waals surface area contributed by atoms with E-state index in [0.29, 0.717) is 22.6 Å². The number of hydrogen-bond donors (Lipinski definition) is 3. The van der Waals surface area contributed by atoms with Crippen LogP contribution < -0.4 is 16.0 Å². The third kappa shape index (κ3) is 5.26. The van der Waals surface area contributed by atoms with Crippen LogP contribution in [0.3, 0.4) is 0 Å². The molecule has 29 heavy (non-hydrogen) atoms. The zero-order valence-electron chi connectivity index (χ0n) is 16.0. The zero-order chi connectivity index (χ0) is 20.8. The van der Waals surface area contributed by atoms with E-state index in [4.69, 9.17) is 0 Å². The lowest BCUT2D eigenvalue weighted by molar-refractivity contribution is -0.114. The Labute approximate surface area is 168 Å². The number of nitrogens with zero attached hydrogens (tertiary/aromatic N) is 1. The highest BCUT2D eigenvalue weighted by molar-refractivity contribution is 6.08. The molecule has 0 bridgehead atoms. The van der Waals surface area contributed by atoms with Gasteiger partial charge in [-0.3, -0.25) is 19.4 Å². The highest BCUT2D eigenvalue weighted by Gasteiger charge is 2.13. The van der Waals surface area contributed by atoms with E-state index in [1.807, 2.05) is 31.2 Å². The van der Waals surface area contributed by atoms with Gasteiger partial charge < -0.3 is 16.0 Å². The molecular formula is C22H20N4O3. The number of anilines is 3. The second kappa shape index (κ2) is 8.79. The fourth-order valence-corrected chi connectivity index (χ4v) is 2.64. The summed E-state index contributed by atoms with van der Waals surface area (Å²) in [6, 6.07) is 17.1. The zero-order valence-corrected chi connectivity index (χ0v) is 16.0. The van der Waals surface area contributed by atoms with Gasteiger partial charge in [0.05, 0.1) is 0 Å². The first-order chi connectivity index (χ1) is 13.9. The predicted octanol–water partition coefficient (Wildman–Crippen LogP) is 3.85. The van der Waals surface area contributed by atoms with E-state index in [1.54, 1.807) is 30.3 Å². The Bertz CT molecular complexity index is 1060. The molecule has 0 unspecified atom stereocenters. The summed E-state index contributed by atoms with van der Waals surface area (Å²) in [5.41, 5.74) is 3.27. The number of amides is 3. The van der Waals surface area contributed by atoms with Crippen molar-refractivity contribution in [1.82, 2.24) is 4.98 Å². The Morgan fingerprint density at radius 2 is 1.45 bits per heavy atom. The van der Waals surface area contributed by atoms with E-state index in [-0.39, 0.29) is 17.5 Å². The minimum atomic E-state index is -0.442. The molecule has 2 aromatic carbocycles. The Balaban J connectivity index is 1.70. The van der Waals surface area contributed by atoms with Gasteiger partial charge in [0.25, 0.3) is 11.8 Å².